The lowest BCUT2D eigenvalue weighted by Gasteiger charge is -2.29. The molecule has 0 aliphatic carbocycles. The summed E-state index contributed by atoms with van der Waals surface area (Å²) in [5.41, 5.74) is 3.19. The molecular formula is C21H28N4O. The first kappa shape index (κ1) is 18.4. The summed E-state index contributed by atoms with van der Waals surface area (Å²) in [7, 11) is 3.80. The number of anilines is 1. The largest absolute Gasteiger partial charge is 0.362 e. The second kappa shape index (κ2) is 8.32. The van der Waals surface area contributed by atoms with Gasteiger partial charge in [0, 0.05) is 26.8 Å². The number of nitrogens with one attached hydrogen (secondary N) is 1. The van der Waals surface area contributed by atoms with Crippen LogP contribution < -0.4 is 10.2 Å². The third kappa shape index (κ3) is 4.05. The van der Waals surface area contributed by atoms with E-state index in [1.54, 1.807) is 12.3 Å². The van der Waals surface area contributed by atoms with Crippen molar-refractivity contribution < 1.29 is 4.79 Å². The molecule has 5 nitrogen and oxygen atoms in total. The van der Waals surface area contributed by atoms with Crippen molar-refractivity contribution in [3.63, 3.8) is 0 Å². The molecule has 1 atom stereocenters. The van der Waals surface area contributed by atoms with Crippen LogP contribution in [-0.2, 0) is 0 Å². The smallest absolute Gasteiger partial charge is 0.255 e. The normalized spacial score (nSPS) is 15.7. The monoisotopic (exact) mass is 352 g/mol. The van der Waals surface area contributed by atoms with Gasteiger partial charge in [0.1, 0.15) is 5.82 Å². The summed E-state index contributed by atoms with van der Waals surface area (Å²) in [6.07, 6.45) is 4.17. The molecule has 1 N–H and O–H groups in total. The fourth-order valence-corrected chi connectivity index (χ4v) is 3.66. The van der Waals surface area contributed by atoms with E-state index in [4.69, 9.17) is 0 Å². The minimum absolute atomic E-state index is 0.0698. The van der Waals surface area contributed by atoms with Gasteiger partial charge in [0.15, 0.2) is 0 Å². The number of hydrogen-bond acceptors (Lipinski definition) is 4. The first-order chi connectivity index (χ1) is 12.6. The van der Waals surface area contributed by atoms with Crippen LogP contribution in [0.3, 0.4) is 0 Å². The van der Waals surface area contributed by atoms with Gasteiger partial charge in [-0.1, -0.05) is 24.3 Å². The number of likely N-dealkylation sites (tertiary alicyclic amines) is 1. The Balaban J connectivity index is 1.78. The lowest BCUT2D eigenvalue weighted by molar-refractivity contribution is 0.0938. The summed E-state index contributed by atoms with van der Waals surface area (Å²) in [4.78, 5) is 21.5. The second-order valence-electron chi connectivity index (χ2n) is 7.09. The number of nitrogens with zero attached hydrogens (tertiary/aromatic N) is 3. The van der Waals surface area contributed by atoms with E-state index in [-0.39, 0.29) is 11.9 Å². The predicted octanol–water partition coefficient (Wildman–Crippen LogP) is 3.02. The van der Waals surface area contributed by atoms with E-state index in [2.05, 4.69) is 46.4 Å². The first-order valence-electron chi connectivity index (χ1n) is 9.28. The summed E-state index contributed by atoms with van der Waals surface area (Å²) >= 11 is 0. The molecule has 1 saturated heterocycles. The average Bonchev–Trinajstić information content (AvgIpc) is 3.17. The van der Waals surface area contributed by atoms with E-state index in [0.717, 1.165) is 13.1 Å². The van der Waals surface area contributed by atoms with Gasteiger partial charge in [-0.25, -0.2) is 4.98 Å². The molecule has 1 aliphatic heterocycles. The maximum Gasteiger partial charge on any atom is 0.255 e. The third-order valence-electron chi connectivity index (χ3n) is 5.04. The second-order valence-corrected chi connectivity index (χ2v) is 7.09. The fraction of sp³-hybridized carbons (Fsp3) is 0.429. The standard InChI is InChI=1S/C21H28N4O/c1-16-9-4-5-10-17(16)19(25-13-6-7-14-25)15-23-21(26)18-11-8-12-22-20(18)24(2)3/h4-5,8-12,19H,6-7,13-15H2,1-3H3,(H,23,26). The van der Waals surface area contributed by atoms with Gasteiger partial charge < -0.3 is 10.2 Å². The average molecular weight is 352 g/mol. The van der Waals surface area contributed by atoms with Crippen LogP contribution in [0.1, 0.15) is 40.4 Å². The molecule has 1 aromatic heterocycles. The van der Waals surface area contributed by atoms with Crippen LogP contribution in [-0.4, -0.2) is 49.5 Å². The number of carbonyl (C=O) groups excluding carboxylic acids is 1. The van der Waals surface area contributed by atoms with Crippen LogP contribution in [0.15, 0.2) is 42.6 Å². The quantitative estimate of drug-likeness (QED) is 0.868. The van der Waals surface area contributed by atoms with Crippen molar-refractivity contribution in [3.8, 4) is 0 Å². The number of hydrogen-bond donors (Lipinski definition) is 1. The molecule has 1 unspecified atom stereocenters. The maximum atomic E-state index is 12.8. The van der Waals surface area contributed by atoms with E-state index < -0.39 is 0 Å². The zero-order chi connectivity index (χ0) is 18.5. The molecule has 0 bridgehead atoms. The molecule has 26 heavy (non-hydrogen) atoms. The predicted molar refractivity (Wildman–Crippen MR) is 106 cm³/mol. The third-order valence-corrected chi connectivity index (χ3v) is 5.04. The molecule has 5 heteroatoms. The van der Waals surface area contributed by atoms with Crippen LogP contribution in [0.25, 0.3) is 0 Å². The van der Waals surface area contributed by atoms with Crippen molar-refractivity contribution in [2.75, 3.05) is 38.6 Å². The van der Waals surface area contributed by atoms with Crippen LogP contribution in [0.2, 0.25) is 0 Å². The SMILES string of the molecule is Cc1ccccc1C(CNC(=O)c1cccnc1N(C)C)N1CCCC1. The molecular weight excluding hydrogens is 324 g/mol. The van der Waals surface area contributed by atoms with Crippen molar-refractivity contribution in [1.29, 1.82) is 0 Å². The molecule has 0 spiro atoms. The summed E-state index contributed by atoms with van der Waals surface area (Å²) in [5.74, 6) is 0.623. The zero-order valence-corrected chi connectivity index (χ0v) is 15.9. The van der Waals surface area contributed by atoms with E-state index in [1.807, 2.05) is 25.1 Å². The van der Waals surface area contributed by atoms with Crippen LogP contribution in [0, 0.1) is 6.92 Å². The fourth-order valence-electron chi connectivity index (χ4n) is 3.66. The minimum atomic E-state index is -0.0698. The lowest BCUT2D eigenvalue weighted by atomic mass is 10.00. The molecule has 1 aliphatic rings. The molecule has 2 heterocycles. The van der Waals surface area contributed by atoms with Gasteiger partial charge in [-0.05, 0) is 56.1 Å². The Labute approximate surface area is 156 Å². The van der Waals surface area contributed by atoms with Gasteiger partial charge in [-0.15, -0.1) is 0 Å². The maximum absolute atomic E-state index is 12.8. The molecule has 0 radical (unpaired) electrons. The highest BCUT2D eigenvalue weighted by atomic mass is 16.1. The van der Waals surface area contributed by atoms with Crippen LogP contribution in [0.4, 0.5) is 5.82 Å². The number of amides is 1. The van der Waals surface area contributed by atoms with E-state index in [1.165, 1.54) is 24.0 Å². The summed E-state index contributed by atoms with van der Waals surface area (Å²) in [6, 6.07) is 12.3. The Kier molecular flexibility index (Phi) is 5.89. The van der Waals surface area contributed by atoms with E-state index in [9.17, 15) is 4.79 Å². The highest BCUT2D eigenvalue weighted by Gasteiger charge is 2.25. The van der Waals surface area contributed by atoms with Crippen molar-refractivity contribution in [2.45, 2.75) is 25.8 Å². The van der Waals surface area contributed by atoms with Gasteiger partial charge in [0.2, 0.25) is 0 Å². The molecule has 3 rings (SSSR count). The topological polar surface area (TPSA) is 48.5 Å². The lowest BCUT2D eigenvalue weighted by Crippen LogP contribution is -2.37. The molecule has 1 aromatic carbocycles. The number of benzene rings is 1. The van der Waals surface area contributed by atoms with Crippen molar-refractivity contribution in [2.24, 2.45) is 0 Å². The van der Waals surface area contributed by atoms with Gasteiger partial charge in [-0.3, -0.25) is 9.69 Å². The Hall–Kier alpha value is -2.40. The number of aromatic nitrogens is 1. The number of pyridine rings is 1. The number of rotatable bonds is 6. The van der Waals surface area contributed by atoms with Crippen molar-refractivity contribution >= 4 is 11.7 Å². The van der Waals surface area contributed by atoms with Gasteiger partial charge >= 0.3 is 0 Å². The Morgan fingerprint density at radius 2 is 1.92 bits per heavy atom. The van der Waals surface area contributed by atoms with Gasteiger partial charge in [0.05, 0.1) is 11.6 Å². The summed E-state index contributed by atoms with van der Waals surface area (Å²) in [6.45, 7) is 4.92. The molecule has 138 valence electrons. The first-order valence-corrected chi connectivity index (χ1v) is 9.28. The zero-order valence-electron chi connectivity index (χ0n) is 15.9. The highest BCUT2D eigenvalue weighted by molar-refractivity contribution is 5.98. The Morgan fingerprint density at radius 1 is 1.19 bits per heavy atom. The summed E-state index contributed by atoms with van der Waals surface area (Å²) in [5, 5.41) is 3.15. The van der Waals surface area contributed by atoms with Crippen LogP contribution in [0.5, 0.6) is 0 Å². The van der Waals surface area contributed by atoms with Gasteiger partial charge in [0.25, 0.3) is 5.91 Å². The van der Waals surface area contributed by atoms with Crippen LogP contribution >= 0.6 is 0 Å². The Morgan fingerprint density at radius 3 is 2.62 bits per heavy atom. The molecule has 2 aromatic rings. The minimum Gasteiger partial charge on any atom is -0.362 e. The highest BCUT2D eigenvalue weighted by Crippen LogP contribution is 2.27. The van der Waals surface area contributed by atoms with Gasteiger partial charge in [-0.2, -0.15) is 0 Å². The van der Waals surface area contributed by atoms with Crippen molar-refractivity contribution in [1.82, 2.24) is 15.2 Å². The summed E-state index contributed by atoms with van der Waals surface area (Å²) < 4.78 is 0. The van der Waals surface area contributed by atoms with E-state index in [0.29, 0.717) is 17.9 Å². The molecule has 1 fully saturated rings. The molecule has 1 amide bonds. The number of carbonyl (C=O) groups is 1. The number of aryl methyl sites for hydroxylation is 1. The Bertz CT molecular complexity index is 753. The van der Waals surface area contributed by atoms with E-state index >= 15 is 0 Å². The molecule has 0 saturated carbocycles. The van der Waals surface area contributed by atoms with Crippen molar-refractivity contribution in [3.05, 3.63) is 59.3 Å².